The third-order valence-corrected chi connectivity index (χ3v) is 2.84. The van der Waals surface area contributed by atoms with Gasteiger partial charge in [-0.3, -0.25) is 13.9 Å². The van der Waals surface area contributed by atoms with Crippen molar-refractivity contribution in [2.75, 3.05) is 0 Å². The minimum absolute atomic E-state index is 0.295. The van der Waals surface area contributed by atoms with Crippen LogP contribution < -0.4 is 0 Å². The first-order valence-electron chi connectivity index (χ1n) is 4.35. The van der Waals surface area contributed by atoms with E-state index in [1.54, 1.807) is 0 Å². The van der Waals surface area contributed by atoms with E-state index in [-0.39, 0.29) is 0 Å². The van der Waals surface area contributed by atoms with Crippen LogP contribution in [-0.2, 0) is 21.6 Å². The molecule has 2 N–H and O–H groups in total. The molecule has 1 aromatic rings. The van der Waals surface area contributed by atoms with Gasteiger partial charge in [0.05, 0.1) is 0 Å². The molecule has 88 valence electrons. The molecule has 0 radical (unpaired) electrons. The Morgan fingerprint density at radius 2 is 1.69 bits per heavy atom. The number of carbonyl (C=O) groups is 1. The quantitative estimate of drug-likeness (QED) is 0.690. The molecule has 16 heavy (non-hydrogen) atoms. The lowest BCUT2D eigenvalue weighted by atomic mass is 10.1. The van der Waals surface area contributed by atoms with Gasteiger partial charge in [0.15, 0.2) is 5.12 Å². The Bertz CT molecular complexity index is 472. The van der Waals surface area contributed by atoms with Gasteiger partial charge < -0.3 is 0 Å². The van der Waals surface area contributed by atoms with Crippen LogP contribution in [0.1, 0.15) is 12.0 Å². The van der Waals surface area contributed by atoms with Gasteiger partial charge in [-0.05, 0) is 18.1 Å². The molecule has 0 atom stereocenters. The Kier molecular flexibility index (Phi) is 4.48. The molecule has 0 aliphatic carbocycles. The van der Waals surface area contributed by atoms with Crippen molar-refractivity contribution < 1.29 is 22.3 Å². The second kappa shape index (κ2) is 5.44. The van der Waals surface area contributed by atoms with E-state index in [2.05, 4.69) is 6.07 Å². The van der Waals surface area contributed by atoms with Crippen LogP contribution in [-0.4, -0.2) is 22.6 Å². The van der Waals surface area contributed by atoms with E-state index < -0.39 is 10.4 Å². The Morgan fingerprint density at radius 3 is 2.31 bits per heavy atom. The van der Waals surface area contributed by atoms with Crippen LogP contribution in [0.3, 0.4) is 0 Å². The predicted octanol–water partition coefficient (Wildman–Crippen LogP) is 1.60. The van der Waals surface area contributed by atoms with E-state index in [4.69, 9.17) is 17.5 Å². The number of thioether (sulfide) groups is 1. The summed E-state index contributed by atoms with van der Waals surface area (Å²) in [5.41, 5.74) is 1.32. The molecule has 0 saturated carbocycles. The Balaban J connectivity index is 0.000000221. The highest BCUT2D eigenvalue weighted by Crippen LogP contribution is 2.30. The zero-order valence-electron chi connectivity index (χ0n) is 8.16. The highest BCUT2D eigenvalue weighted by Gasteiger charge is 2.14. The average molecular weight is 262 g/mol. The molecule has 0 aromatic heterocycles. The smallest absolute Gasteiger partial charge is 0.287 e. The van der Waals surface area contributed by atoms with E-state index in [0.29, 0.717) is 11.5 Å². The van der Waals surface area contributed by atoms with Crippen molar-refractivity contribution in [2.24, 2.45) is 0 Å². The zero-order chi connectivity index (χ0) is 12.2. The minimum Gasteiger partial charge on any atom is -0.287 e. The van der Waals surface area contributed by atoms with Crippen LogP contribution in [0.4, 0.5) is 0 Å². The maximum atomic E-state index is 11.0. The van der Waals surface area contributed by atoms with Crippen LogP contribution in [0, 0.1) is 0 Å². The SMILES string of the molecule is O=C1CCc2ccccc2S1.O=S(=O)(O)O. The normalized spacial score (nSPS) is 14.8. The molecule has 0 saturated heterocycles. The highest BCUT2D eigenvalue weighted by atomic mass is 32.3. The lowest BCUT2D eigenvalue weighted by molar-refractivity contribution is -0.111. The summed E-state index contributed by atoms with van der Waals surface area (Å²) in [5.74, 6) is 0. The maximum absolute atomic E-state index is 11.0. The fourth-order valence-corrected chi connectivity index (χ4v) is 2.12. The van der Waals surface area contributed by atoms with Crippen molar-refractivity contribution in [3.8, 4) is 0 Å². The van der Waals surface area contributed by atoms with Crippen molar-refractivity contribution in [1.82, 2.24) is 0 Å². The third kappa shape index (κ3) is 5.26. The van der Waals surface area contributed by atoms with Gasteiger partial charge in [0.1, 0.15) is 0 Å². The fourth-order valence-electron chi connectivity index (χ4n) is 1.22. The standard InChI is InChI=1S/C9H8OS.H2O4S/c10-9-6-5-7-3-1-2-4-8(7)11-9;1-5(2,3)4/h1-4H,5-6H2;(H2,1,2,3,4). The number of fused-ring (bicyclic) bond motifs is 1. The lowest BCUT2D eigenvalue weighted by Crippen LogP contribution is -2.02. The molecule has 0 amide bonds. The van der Waals surface area contributed by atoms with E-state index >= 15 is 0 Å². The largest absolute Gasteiger partial charge is 0.394 e. The topological polar surface area (TPSA) is 91.7 Å². The van der Waals surface area contributed by atoms with Gasteiger partial charge in [0.2, 0.25) is 0 Å². The second-order valence-electron chi connectivity index (χ2n) is 3.03. The number of aryl methyl sites for hydroxylation is 1. The lowest BCUT2D eigenvalue weighted by Gasteiger charge is -2.12. The van der Waals surface area contributed by atoms with Crippen LogP contribution in [0.15, 0.2) is 29.2 Å². The molecule has 0 unspecified atom stereocenters. The van der Waals surface area contributed by atoms with Gasteiger partial charge in [-0.15, -0.1) is 0 Å². The summed E-state index contributed by atoms with van der Waals surface area (Å²) in [7, 11) is -4.67. The summed E-state index contributed by atoms with van der Waals surface area (Å²) >= 11 is 1.37. The van der Waals surface area contributed by atoms with Crippen LogP contribution in [0.25, 0.3) is 0 Å². The first-order chi connectivity index (χ1) is 7.36. The molecule has 7 heteroatoms. The van der Waals surface area contributed by atoms with Gasteiger partial charge >= 0.3 is 10.4 Å². The first-order valence-corrected chi connectivity index (χ1v) is 6.56. The molecule has 1 aromatic carbocycles. The summed E-state index contributed by atoms with van der Waals surface area (Å²) < 4.78 is 31.6. The van der Waals surface area contributed by atoms with E-state index in [1.807, 2.05) is 18.2 Å². The molecule has 2 rings (SSSR count). The zero-order valence-corrected chi connectivity index (χ0v) is 9.79. The number of hydrogen-bond donors (Lipinski definition) is 2. The molecule has 0 bridgehead atoms. The molecular weight excluding hydrogens is 252 g/mol. The molecule has 0 fully saturated rings. The van der Waals surface area contributed by atoms with Crippen LogP contribution in [0.2, 0.25) is 0 Å². The van der Waals surface area contributed by atoms with E-state index in [1.165, 1.54) is 17.3 Å². The Labute approximate surface area is 97.4 Å². The van der Waals surface area contributed by atoms with Crippen molar-refractivity contribution in [2.45, 2.75) is 17.7 Å². The molecular formula is C9H10O5S2. The summed E-state index contributed by atoms with van der Waals surface area (Å²) in [6.07, 6.45) is 1.61. The maximum Gasteiger partial charge on any atom is 0.394 e. The summed E-state index contributed by atoms with van der Waals surface area (Å²) in [6, 6.07) is 8.10. The Hall–Kier alpha value is -0.890. The van der Waals surface area contributed by atoms with Gasteiger partial charge in [-0.25, -0.2) is 0 Å². The minimum atomic E-state index is -4.67. The number of rotatable bonds is 0. The third-order valence-electron chi connectivity index (χ3n) is 1.79. The monoisotopic (exact) mass is 262 g/mol. The molecule has 5 nitrogen and oxygen atoms in total. The molecule has 0 spiro atoms. The van der Waals surface area contributed by atoms with Crippen molar-refractivity contribution in [3.05, 3.63) is 29.8 Å². The first kappa shape index (κ1) is 13.2. The summed E-state index contributed by atoms with van der Waals surface area (Å²) in [4.78, 5) is 12.1. The average Bonchev–Trinajstić information content (AvgIpc) is 2.15. The molecule has 1 aliphatic heterocycles. The number of carbonyl (C=O) groups excluding carboxylic acids is 1. The Morgan fingerprint density at radius 1 is 1.12 bits per heavy atom. The van der Waals surface area contributed by atoms with Crippen molar-refractivity contribution >= 4 is 27.3 Å². The van der Waals surface area contributed by atoms with Crippen LogP contribution in [0.5, 0.6) is 0 Å². The summed E-state index contributed by atoms with van der Waals surface area (Å²) in [5, 5.41) is 0.295. The van der Waals surface area contributed by atoms with E-state index in [9.17, 15) is 4.79 Å². The predicted molar refractivity (Wildman–Crippen MR) is 59.8 cm³/mol. The highest BCUT2D eigenvalue weighted by molar-refractivity contribution is 8.13. The second-order valence-corrected chi connectivity index (χ2v) is 5.02. The van der Waals surface area contributed by atoms with Gasteiger partial charge in [-0.2, -0.15) is 8.42 Å². The van der Waals surface area contributed by atoms with Crippen LogP contribution >= 0.6 is 11.8 Å². The fraction of sp³-hybridized carbons (Fsp3) is 0.222. The molecule has 1 heterocycles. The van der Waals surface area contributed by atoms with Gasteiger partial charge in [0.25, 0.3) is 0 Å². The molecule has 1 aliphatic rings. The number of benzene rings is 1. The number of hydrogen-bond acceptors (Lipinski definition) is 4. The van der Waals surface area contributed by atoms with Gasteiger partial charge in [-0.1, -0.05) is 30.0 Å². The summed E-state index contributed by atoms with van der Waals surface area (Å²) in [6.45, 7) is 0. The van der Waals surface area contributed by atoms with Crippen molar-refractivity contribution in [1.29, 1.82) is 0 Å². The van der Waals surface area contributed by atoms with E-state index in [0.717, 1.165) is 11.3 Å². The van der Waals surface area contributed by atoms with Crippen molar-refractivity contribution in [3.63, 3.8) is 0 Å². The van der Waals surface area contributed by atoms with Gasteiger partial charge in [0, 0.05) is 11.3 Å².